The van der Waals surface area contributed by atoms with Crippen LogP contribution in [0, 0.1) is 5.92 Å². The number of anilines is 2. The molecule has 2 aliphatic heterocycles. The summed E-state index contributed by atoms with van der Waals surface area (Å²) in [6, 6.07) is 0. The largest absolute Gasteiger partial charge is 0.356 e. The van der Waals surface area contributed by atoms with Crippen molar-refractivity contribution in [2.45, 2.75) is 39.0 Å². The van der Waals surface area contributed by atoms with Crippen LogP contribution in [0.25, 0.3) is 0 Å². The molecule has 1 aromatic rings. The van der Waals surface area contributed by atoms with E-state index in [9.17, 15) is 9.59 Å². The Bertz CT molecular complexity index is 576. The Morgan fingerprint density at radius 1 is 1.30 bits per heavy atom. The summed E-state index contributed by atoms with van der Waals surface area (Å²) >= 11 is 1.45. The molecule has 23 heavy (non-hydrogen) atoms. The van der Waals surface area contributed by atoms with E-state index in [4.69, 9.17) is 0 Å². The van der Waals surface area contributed by atoms with E-state index in [0.29, 0.717) is 18.1 Å². The van der Waals surface area contributed by atoms with E-state index in [1.165, 1.54) is 11.3 Å². The van der Waals surface area contributed by atoms with Gasteiger partial charge in [0.1, 0.15) is 0 Å². The van der Waals surface area contributed by atoms with Crippen molar-refractivity contribution in [2.75, 3.05) is 36.0 Å². The maximum absolute atomic E-state index is 12.2. The van der Waals surface area contributed by atoms with Gasteiger partial charge in [-0.3, -0.25) is 14.5 Å². The Morgan fingerprint density at radius 2 is 2.13 bits per heavy atom. The lowest BCUT2D eigenvalue weighted by atomic mass is 9.97. The van der Waals surface area contributed by atoms with Gasteiger partial charge in [0.25, 0.3) is 0 Å². The summed E-state index contributed by atoms with van der Waals surface area (Å²) in [6.45, 7) is 5.08. The van der Waals surface area contributed by atoms with E-state index < -0.39 is 0 Å². The molecule has 7 nitrogen and oxygen atoms in total. The van der Waals surface area contributed by atoms with Crippen molar-refractivity contribution in [3.8, 4) is 0 Å². The molecule has 1 aromatic heterocycles. The van der Waals surface area contributed by atoms with Crippen LogP contribution in [-0.2, 0) is 9.59 Å². The van der Waals surface area contributed by atoms with Crippen LogP contribution in [0.2, 0.25) is 0 Å². The Kier molecular flexibility index (Phi) is 5.09. The molecule has 126 valence electrons. The number of piperidine rings is 1. The minimum atomic E-state index is 0.0102. The lowest BCUT2D eigenvalue weighted by Gasteiger charge is -2.31. The molecule has 1 N–H and O–H groups in total. The summed E-state index contributed by atoms with van der Waals surface area (Å²) in [5.74, 6) is 0.273. The topological polar surface area (TPSA) is 78.4 Å². The summed E-state index contributed by atoms with van der Waals surface area (Å²) in [5, 5.41) is 12.9. The Balaban J connectivity index is 1.63. The van der Waals surface area contributed by atoms with Crippen molar-refractivity contribution in [3.63, 3.8) is 0 Å². The molecule has 2 amide bonds. The predicted molar refractivity (Wildman–Crippen MR) is 89.7 cm³/mol. The first-order valence-corrected chi connectivity index (χ1v) is 9.17. The molecule has 8 heteroatoms. The lowest BCUT2D eigenvalue weighted by molar-refractivity contribution is -0.125. The molecule has 0 radical (unpaired) electrons. The fourth-order valence-electron chi connectivity index (χ4n) is 3.05. The molecule has 0 aromatic carbocycles. The molecule has 0 saturated carbocycles. The van der Waals surface area contributed by atoms with E-state index >= 15 is 0 Å². The number of nitrogens with zero attached hydrogens (tertiary/aromatic N) is 4. The van der Waals surface area contributed by atoms with E-state index in [1.807, 2.05) is 0 Å². The van der Waals surface area contributed by atoms with Crippen LogP contribution in [0.3, 0.4) is 0 Å². The van der Waals surface area contributed by atoms with Crippen molar-refractivity contribution in [2.24, 2.45) is 5.92 Å². The molecule has 2 aliphatic rings. The van der Waals surface area contributed by atoms with Gasteiger partial charge in [-0.05, 0) is 25.7 Å². The van der Waals surface area contributed by atoms with Crippen LogP contribution in [0.1, 0.15) is 39.0 Å². The molecule has 0 aliphatic carbocycles. The third-order valence-corrected chi connectivity index (χ3v) is 5.33. The standard InChI is InChI=1S/C15H23N5O2S/c1-2-7-16-13(22)11-5-3-8-19(10-11)14-17-18-15(23-14)20-9-4-6-12(20)21/h11H,2-10H2,1H3,(H,16,22). The smallest absolute Gasteiger partial charge is 0.228 e. The minimum absolute atomic E-state index is 0.0102. The SMILES string of the molecule is CCCNC(=O)C1CCCN(c2nnc(N3CCCC3=O)s2)C1. The molecular weight excluding hydrogens is 314 g/mol. The lowest BCUT2D eigenvalue weighted by Crippen LogP contribution is -2.43. The number of nitrogens with one attached hydrogen (secondary N) is 1. The zero-order valence-corrected chi connectivity index (χ0v) is 14.3. The fraction of sp³-hybridized carbons (Fsp3) is 0.733. The maximum atomic E-state index is 12.2. The molecule has 0 spiro atoms. The Hall–Kier alpha value is -1.70. The van der Waals surface area contributed by atoms with E-state index in [2.05, 4.69) is 27.3 Å². The number of amides is 2. The van der Waals surface area contributed by atoms with Crippen LogP contribution in [0.4, 0.5) is 10.3 Å². The van der Waals surface area contributed by atoms with Crippen LogP contribution >= 0.6 is 11.3 Å². The Morgan fingerprint density at radius 3 is 2.87 bits per heavy atom. The first-order chi connectivity index (χ1) is 11.2. The number of aromatic nitrogens is 2. The second kappa shape index (κ2) is 7.25. The number of hydrogen-bond donors (Lipinski definition) is 1. The van der Waals surface area contributed by atoms with Crippen LogP contribution in [-0.4, -0.2) is 48.2 Å². The molecule has 3 heterocycles. The monoisotopic (exact) mass is 337 g/mol. The molecule has 2 fully saturated rings. The van der Waals surface area contributed by atoms with Crippen molar-refractivity contribution >= 4 is 33.4 Å². The maximum Gasteiger partial charge on any atom is 0.228 e. The zero-order chi connectivity index (χ0) is 16.2. The predicted octanol–water partition coefficient (Wildman–Crippen LogP) is 1.41. The van der Waals surface area contributed by atoms with Gasteiger partial charge >= 0.3 is 0 Å². The molecule has 1 unspecified atom stereocenters. The van der Waals surface area contributed by atoms with Gasteiger partial charge in [-0.2, -0.15) is 0 Å². The zero-order valence-electron chi connectivity index (χ0n) is 13.5. The highest BCUT2D eigenvalue weighted by Gasteiger charge is 2.29. The van der Waals surface area contributed by atoms with E-state index in [1.54, 1.807) is 4.90 Å². The average molecular weight is 337 g/mol. The normalized spacial score (nSPS) is 21.8. The number of rotatable bonds is 5. The third-order valence-electron chi connectivity index (χ3n) is 4.32. The van der Waals surface area contributed by atoms with E-state index in [-0.39, 0.29) is 17.7 Å². The average Bonchev–Trinajstić information content (AvgIpc) is 3.21. The van der Waals surface area contributed by atoms with Gasteiger partial charge in [0, 0.05) is 32.6 Å². The second-order valence-corrected chi connectivity index (χ2v) is 7.03. The van der Waals surface area contributed by atoms with Gasteiger partial charge in [0.15, 0.2) is 0 Å². The van der Waals surface area contributed by atoms with Crippen molar-refractivity contribution < 1.29 is 9.59 Å². The highest BCUT2D eigenvalue weighted by atomic mass is 32.1. The van der Waals surface area contributed by atoms with E-state index in [0.717, 1.165) is 50.4 Å². The highest BCUT2D eigenvalue weighted by molar-refractivity contribution is 7.19. The van der Waals surface area contributed by atoms with Gasteiger partial charge in [0.2, 0.25) is 22.1 Å². The molecule has 2 saturated heterocycles. The first kappa shape index (κ1) is 16.2. The van der Waals surface area contributed by atoms with Crippen molar-refractivity contribution in [3.05, 3.63) is 0 Å². The fourth-order valence-corrected chi connectivity index (χ4v) is 3.98. The molecule has 0 bridgehead atoms. The number of hydrogen-bond acceptors (Lipinski definition) is 6. The Labute approximate surface area is 140 Å². The second-order valence-electron chi connectivity index (χ2n) is 6.09. The summed E-state index contributed by atoms with van der Waals surface area (Å²) < 4.78 is 0. The third kappa shape index (κ3) is 3.63. The molecule has 1 atom stereocenters. The van der Waals surface area contributed by atoms with Crippen LogP contribution < -0.4 is 15.1 Å². The molecular formula is C15H23N5O2S. The van der Waals surface area contributed by atoms with Gasteiger partial charge in [0.05, 0.1) is 5.92 Å². The van der Waals surface area contributed by atoms with Crippen molar-refractivity contribution in [1.82, 2.24) is 15.5 Å². The minimum Gasteiger partial charge on any atom is -0.356 e. The van der Waals surface area contributed by atoms with Crippen LogP contribution in [0.5, 0.6) is 0 Å². The molecule has 3 rings (SSSR count). The number of carbonyl (C=O) groups is 2. The summed E-state index contributed by atoms with van der Waals surface area (Å²) in [4.78, 5) is 27.8. The van der Waals surface area contributed by atoms with Crippen LogP contribution in [0.15, 0.2) is 0 Å². The summed E-state index contributed by atoms with van der Waals surface area (Å²) in [7, 11) is 0. The summed E-state index contributed by atoms with van der Waals surface area (Å²) in [5.41, 5.74) is 0. The summed E-state index contributed by atoms with van der Waals surface area (Å²) in [6.07, 6.45) is 4.32. The van der Waals surface area contributed by atoms with Crippen molar-refractivity contribution in [1.29, 1.82) is 0 Å². The van der Waals surface area contributed by atoms with Gasteiger partial charge in [-0.25, -0.2) is 0 Å². The van der Waals surface area contributed by atoms with Gasteiger partial charge < -0.3 is 10.2 Å². The highest BCUT2D eigenvalue weighted by Crippen LogP contribution is 2.32. The number of carbonyl (C=O) groups excluding carboxylic acids is 2. The van der Waals surface area contributed by atoms with Gasteiger partial charge in [-0.1, -0.05) is 18.3 Å². The van der Waals surface area contributed by atoms with Gasteiger partial charge in [-0.15, -0.1) is 10.2 Å². The quantitative estimate of drug-likeness (QED) is 0.879. The first-order valence-electron chi connectivity index (χ1n) is 8.35.